The van der Waals surface area contributed by atoms with Crippen molar-refractivity contribution in [1.29, 1.82) is 0 Å². The summed E-state index contributed by atoms with van der Waals surface area (Å²) < 4.78 is 4.99. The number of aliphatic hydroxyl groups excluding tert-OH is 1. The summed E-state index contributed by atoms with van der Waals surface area (Å²) in [6.07, 6.45) is -0.910. The van der Waals surface area contributed by atoms with E-state index in [1.54, 1.807) is 38.3 Å². The Kier molecular flexibility index (Phi) is 4.48. The number of carboxylic acid groups (broad SMARTS) is 1. The van der Waals surface area contributed by atoms with Crippen LogP contribution in [0.25, 0.3) is 0 Å². The average Bonchev–Trinajstić information content (AvgIpc) is 2.36. The second kappa shape index (κ2) is 5.65. The summed E-state index contributed by atoms with van der Waals surface area (Å²) in [5.74, 6) is -1.01. The number of ether oxygens (including phenoxy) is 1. The van der Waals surface area contributed by atoms with E-state index in [1.807, 2.05) is 0 Å². The molecular formula is C12H17NO4. The Morgan fingerprint density at radius 3 is 2.29 bits per heavy atom. The van der Waals surface area contributed by atoms with Gasteiger partial charge in [-0.15, -0.1) is 0 Å². The fraction of sp³-hybridized carbons (Fsp3) is 0.417. The van der Waals surface area contributed by atoms with Crippen LogP contribution in [0.5, 0.6) is 5.75 Å². The number of carboxylic acids is 1. The van der Waals surface area contributed by atoms with E-state index in [9.17, 15) is 9.90 Å². The molecule has 17 heavy (non-hydrogen) atoms. The maximum absolute atomic E-state index is 10.7. The molecule has 0 saturated heterocycles. The Morgan fingerprint density at radius 2 is 1.88 bits per heavy atom. The number of hydrogen-bond donors (Lipinski definition) is 3. The molecule has 5 nitrogen and oxygen atoms in total. The first-order chi connectivity index (χ1) is 7.97. The van der Waals surface area contributed by atoms with E-state index in [2.05, 4.69) is 0 Å². The predicted molar refractivity (Wildman–Crippen MR) is 62.7 cm³/mol. The Hall–Kier alpha value is -1.59. The van der Waals surface area contributed by atoms with Gasteiger partial charge in [-0.3, -0.25) is 4.79 Å². The number of benzene rings is 1. The van der Waals surface area contributed by atoms with Crippen LogP contribution in [0, 0.1) is 5.92 Å². The molecule has 0 saturated carbocycles. The van der Waals surface area contributed by atoms with E-state index in [0.717, 1.165) is 0 Å². The summed E-state index contributed by atoms with van der Waals surface area (Å²) in [7, 11) is 1.55. The first-order valence-corrected chi connectivity index (χ1v) is 5.27. The number of nitrogens with two attached hydrogens (primary N) is 1. The smallest absolute Gasteiger partial charge is 0.320 e. The van der Waals surface area contributed by atoms with Gasteiger partial charge in [0.05, 0.1) is 13.2 Å². The maximum Gasteiger partial charge on any atom is 0.320 e. The molecule has 0 radical (unpaired) electrons. The highest BCUT2D eigenvalue weighted by Crippen LogP contribution is 2.25. The third-order valence-corrected chi connectivity index (χ3v) is 2.81. The molecular weight excluding hydrogens is 222 g/mol. The van der Waals surface area contributed by atoms with Crippen molar-refractivity contribution in [3.63, 3.8) is 0 Å². The zero-order valence-electron chi connectivity index (χ0n) is 9.83. The molecule has 0 aliphatic rings. The fourth-order valence-corrected chi connectivity index (χ4v) is 1.53. The molecule has 1 aromatic rings. The van der Waals surface area contributed by atoms with E-state index < -0.39 is 24.0 Å². The van der Waals surface area contributed by atoms with Crippen molar-refractivity contribution in [3.05, 3.63) is 29.8 Å². The Morgan fingerprint density at radius 1 is 1.35 bits per heavy atom. The van der Waals surface area contributed by atoms with E-state index in [1.165, 1.54) is 0 Å². The van der Waals surface area contributed by atoms with Gasteiger partial charge in [-0.25, -0.2) is 0 Å². The largest absolute Gasteiger partial charge is 0.497 e. The first-order valence-electron chi connectivity index (χ1n) is 5.27. The van der Waals surface area contributed by atoms with Crippen LogP contribution in [-0.2, 0) is 4.79 Å². The lowest BCUT2D eigenvalue weighted by Gasteiger charge is -2.22. The van der Waals surface area contributed by atoms with Gasteiger partial charge < -0.3 is 20.7 Å². The second-order valence-electron chi connectivity index (χ2n) is 3.94. The molecule has 3 atom stereocenters. The Balaban J connectivity index is 2.80. The van der Waals surface area contributed by atoms with Crippen molar-refractivity contribution < 1.29 is 19.7 Å². The van der Waals surface area contributed by atoms with Crippen LogP contribution >= 0.6 is 0 Å². The van der Waals surface area contributed by atoms with Crippen LogP contribution in [0.1, 0.15) is 18.6 Å². The van der Waals surface area contributed by atoms with Gasteiger partial charge in [0.1, 0.15) is 11.8 Å². The molecule has 0 aromatic heterocycles. The van der Waals surface area contributed by atoms with E-state index in [0.29, 0.717) is 11.3 Å². The molecule has 0 fully saturated rings. The zero-order chi connectivity index (χ0) is 13.0. The molecule has 0 heterocycles. The quantitative estimate of drug-likeness (QED) is 0.706. The van der Waals surface area contributed by atoms with Gasteiger partial charge in [-0.05, 0) is 17.7 Å². The standard InChI is InChI=1S/C12H17NO4/c1-7(10(13)12(15)16)11(14)8-3-5-9(17-2)6-4-8/h3-7,10-11,14H,13H2,1-2H3,(H,15,16)/t7-,10-,11-/m0/s1. The lowest BCUT2D eigenvalue weighted by atomic mass is 9.91. The number of carbonyl (C=O) groups is 1. The third-order valence-electron chi connectivity index (χ3n) is 2.81. The lowest BCUT2D eigenvalue weighted by Crippen LogP contribution is -2.39. The van der Waals surface area contributed by atoms with Crippen molar-refractivity contribution in [1.82, 2.24) is 0 Å². The minimum Gasteiger partial charge on any atom is -0.497 e. The van der Waals surface area contributed by atoms with Crippen LogP contribution < -0.4 is 10.5 Å². The summed E-state index contributed by atoms with van der Waals surface area (Å²) >= 11 is 0. The number of rotatable bonds is 5. The molecule has 1 rings (SSSR count). The monoisotopic (exact) mass is 239 g/mol. The van der Waals surface area contributed by atoms with Gasteiger partial charge in [0.2, 0.25) is 0 Å². The summed E-state index contributed by atoms with van der Waals surface area (Å²) in [4.78, 5) is 10.7. The highest BCUT2D eigenvalue weighted by molar-refractivity contribution is 5.73. The molecule has 1 aromatic carbocycles. The SMILES string of the molecule is COc1ccc([C@@H](O)[C@@H](C)[C@H](N)C(=O)O)cc1. The molecule has 0 unspecified atom stereocenters. The van der Waals surface area contributed by atoms with Gasteiger partial charge >= 0.3 is 5.97 Å². The van der Waals surface area contributed by atoms with Gasteiger partial charge in [-0.1, -0.05) is 19.1 Å². The molecule has 0 amide bonds. The van der Waals surface area contributed by atoms with Crippen molar-refractivity contribution in [2.45, 2.75) is 19.1 Å². The molecule has 4 N–H and O–H groups in total. The maximum atomic E-state index is 10.7. The van der Waals surface area contributed by atoms with Gasteiger partial charge in [-0.2, -0.15) is 0 Å². The zero-order valence-corrected chi connectivity index (χ0v) is 9.83. The molecule has 94 valence electrons. The first kappa shape index (κ1) is 13.5. The van der Waals surface area contributed by atoms with Gasteiger partial charge in [0, 0.05) is 5.92 Å². The van der Waals surface area contributed by atoms with Crippen LogP contribution in [0.15, 0.2) is 24.3 Å². The van der Waals surface area contributed by atoms with E-state index in [-0.39, 0.29) is 0 Å². The van der Waals surface area contributed by atoms with Crippen molar-refractivity contribution in [3.8, 4) is 5.75 Å². The predicted octanol–water partition coefficient (Wildman–Crippen LogP) is 0.777. The van der Waals surface area contributed by atoms with Crippen molar-refractivity contribution >= 4 is 5.97 Å². The van der Waals surface area contributed by atoms with E-state index in [4.69, 9.17) is 15.6 Å². The van der Waals surface area contributed by atoms with Gasteiger partial charge in [0.25, 0.3) is 0 Å². The normalized spacial score (nSPS) is 16.0. The highest BCUT2D eigenvalue weighted by Gasteiger charge is 2.27. The lowest BCUT2D eigenvalue weighted by molar-refractivity contribution is -0.140. The van der Waals surface area contributed by atoms with E-state index >= 15 is 0 Å². The topological polar surface area (TPSA) is 92.8 Å². The minimum absolute atomic E-state index is 0.569. The number of aliphatic carboxylic acids is 1. The number of aliphatic hydroxyl groups is 1. The number of hydrogen-bond acceptors (Lipinski definition) is 4. The van der Waals surface area contributed by atoms with Crippen LogP contribution in [-0.4, -0.2) is 29.3 Å². The molecule has 0 aliphatic heterocycles. The van der Waals surface area contributed by atoms with Crippen molar-refractivity contribution in [2.75, 3.05) is 7.11 Å². The molecule has 0 spiro atoms. The Labute approximate surface area is 99.8 Å². The van der Waals surface area contributed by atoms with Crippen LogP contribution in [0.4, 0.5) is 0 Å². The van der Waals surface area contributed by atoms with Crippen LogP contribution in [0.3, 0.4) is 0 Å². The van der Waals surface area contributed by atoms with Crippen molar-refractivity contribution in [2.24, 2.45) is 11.7 Å². The van der Waals surface area contributed by atoms with Gasteiger partial charge in [0.15, 0.2) is 0 Å². The average molecular weight is 239 g/mol. The van der Waals surface area contributed by atoms with Crippen LogP contribution in [0.2, 0.25) is 0 Å². The molecule has 0 bridgehead atoms. The summed E-state index contributed by atoms with van der Waals surface area (Å²) in [5.41, 5.74) is 6.09. The highest BCUT2D eigenvalue weighted by atomic mass is 16.5. The fourth-order valence-electron chi connectivity index (χ4n) is 1.53. The number of methoxy groups -OCH3 is 1. The molecule has 5 heteroatoms. The minimum atomic E-state index is -1.12. The summed E-state index contributed by atoms with van der Waals surface area (Å²) in [6, 6.07) is 5.70. The summed E-state index contributed by atoms with van der Waals surface area (Å²) in [5, 5.41) is 18.8. The molecule has 0 aliphatic carbocycles. The third kappa shape index (κ3) is 3.18. The Bertz CT molecular complexity index is 377. The summed E-state index contributed by atoms with van der Waals surface area (Å²) in [6.45, 7) is 1.60. The second-order valence-corrected chi connectivity index (χ2v) is 3.94.